The van der Waals surface area contributed by atoms with Gasteiger partial charge in [0.05, 0.1) is 98.4 Å². The lowest BCUT2D eigenvalue weighted by molar-refractivity contribution is -0.129. The van der Waals surface area contributed by atoms with E-state index in [-0.39, 0.29) is 43.3 Å². The first-order chi connectivity index (χ1) is 43.6. The van der Waals surface area contributed by atoms with Gasteiger partial charge in [0.25, 0.3) is 0 Å². The highest BCUT2D eigenvalue weighted by Gasteiger charge is 2.34. The van der Waals surface area contributed by atoms with Crippen LogP contribution in [0.5, 0.6) is 0 Å². The van der Waals surface area contributed by atoms with E-state index in [0.717, 1.165) is 38.5 Å². The van der Waals surface area contributed by atoms with E-state index >= 15 is 0 Å². The fourth-order valence-corrected chi connectivity index (χ4v) is 13.5. The van der Waals surface area contributed by atoms with E-state index in [4.69, 9.17) is 49.4 Å². The van der Waals surface area contributed by atoms with E-state index < -0.39 is 23.8 Å². The third-order valence-electron chi connectivity index (χ3n) is 18.6. The molecular formula is C73H135N5O13. The second-order valence-electron chi connectivity index (χ2n) is 28.3. The average molecular weight is 1290 g/mol. The predicted octanol–water partition coefficient (Wildman–Crippen LogP) is 12.5. The quantitative estimate of drug-likeness (QED) is 0.0281. The summed E-state index contributed by atoms with van der Waals surface area (Å²) in [5, 5.41) is 9.28. The number of nitrogens with one attached hydrogen (secondary N) is 3. The van der Waals surface area contributed by atoms with E-state index in [1.54, 1.807) is 22.3 Å². The van der Waals surface area contributed by atoms with Crippen molar-refractivity contribution in [3.05, 3.63) is 22.3 Å². The normalized spacial score (nSPS) is 17.3. The molecule has 0 radical (unpaired) electrons. The number of unbranched alkanes of at least 4 members (excludes halogenated alkanes) is 1. The van der Waals surface area contributed by atoms with Crippen LogP contribution >= 0.6 is 0 Å². The number of amides is 5. The monoisotopic (exact) mass is 1290 g/mol. The fourth-order valence-electron chi connectivity index (χ4n) is 13.5. The van der Waals surface area contributed by atoms with Gasteiger partial charge in [0.2, 0.25) is 29.5 Å². The first-order valence-corrected chi connectivity index (χ1v) is 36.0. The molecule has 2 aliphatic carbocycles. The maximum Gasteiger partial charge on any atom is 0.242 e. The molecule has 0 heterocycles. The van der Waals surface area contributed by atoms with E-state index in [1.165, 1.54) is 77.0 Å². The van der Waals surface area contributed by atoms with Gasteiger partial charge in [0, 0.05) is 45.6 Å². The Hall–Kier alpha value is -3.49. The number of ether oxygens (including phenoxy) is 8. The van der Waals surface area contributed by atoms with Crippen molar-refractivity contribution in [2.45, 2.75) is 249 Å². The van der Waals surface area contributed by atoms with Crippen LogP contribution < -0.4 is 27.4 Å². The summed E-state index contributed by atoms with van der Waals surface area (Å²) in [5.74, 6) is 1.09. The van der Waals surface area contributed by atoms with Gasteiger partial charge in [0.15, 0.2) is 0 Å². The number of rotatable bonds is 59. The first kappa shape index (κ1) is 83.6. The molecular weight excluding hydrogens is 1150 g/mol. The van der Waals surface area contributed by atoms with Crippen LogP contribution in [0.25, 0.3) is 0 Å². The minimum absolute atomic E-state index is 0.0849. The average Bonchev–Trinajstić information content (AvgIpc) is 0.868. The van der Waals surface area contributed by atoms with Crippen molar-refractivity contribution in [2.24, 2.45) is 57.8 Å². The van der Waals surface area contributed by atoms with E-state index in [2.05, 4.69) is 92.1 Å². The Morgan fingerprint density at radius 1 is 0.495 bits per heavy atom. The molecule has 5 amide bonds. The summed E-state index contributed by atoms with van der Waals surface area (Å²) < 4.78 is 44.4. The molecule has 0 bridgehead atoms. The van der Waals surface area contributed by atoms with Crippen LogP contribution in [0.2, 0.25) is 0 Å². The van der Waals surface area contributed by atoms with Crippen molar-refractivity contribution in [1.29, 1.82) is 0 Å². The molecule has 7 N–H and O–H groups in total. The zero-order valence-electron chi connectivity index (χ0n) is 59.6. The molecule has 2 aliphatic rings. The maximum absolute atomic E-state index is 13.7. The van der Waals surface area contributed by atoms with Crippen LogP contribution in [0.1, 0.15) is 243 Å². The zero-order valence-corrected chi connectivity index (χ0v) is 59.6. The Kier molecular flexibility index (Phi) is 46.7. The van der Waals surface area contributed by atoms with Crippen molar-refractivity contribution in [2.75, 3.05) is 119 Å². The van der Waals surface area contributed by atoms with Gasteiger partial charge < -0.3 is 65.3 Å². The molecule has 0 saturated carbocycles. The van der Waals surface area contributed by atoms with Gasteiger partial charge in [0.1, 0.15) is 6.04 Å². The van der Waals surface area contributed by atoms with Gasteiger partial charge in [-0.2, -0.15) is 0 Å². The van der Waals surface area contributed by atoms with Crippen molar-refractivity contribution < 1.29 is 61.9 Å². The molecule has 7 atom stereocenters. The second kappa shape index (κ2) is 50.9. The van der Waals surface area contributed by atoms with E-state index in [9.17, 15) is 24.0 Å². The minimum atomic E-state index is -0.657. The molecule has 0 saturated heterocycles. The van der Waals surface area contributed by atoms with Crippen LogP contribution in [0.15, 0.2) is 22.3 Å². The number of hydrogen-bond acceptors (Lipinski definition) is 13. The van der Waals surface area contributed by atoms with Gasteiger partial charge in [-0.1, -0.05) is 130 Å². The molecule has 18 nitrogen and oxygen atoms in total. The third kappa shape index (κ3) is 41.2. The summed E-state index contributed by atoms with van der Waals surface area (Å²) >= 11 is 0. The van der Waals surface area contributed by atoms with E-state index in [1.807, 2.05) is 0 Å². The Morgan fingerprint density at radius 2 is 0.989 bits per heavy atom. The summed E-state index contributed by atoms with van der Waals surface area (Å²) in [5.41, 5.74) is 18.0. The molecule has 0 fully saturated rings. The van der Waals surface area contributed by atoms with Crippen molar-refractivity contribution in [3.63, 3.8) is 0 Å². The summed E-state index contributed by atoms with van der Waals surface area (Å²) in [6.45, 7) is 33.1. The number of primary amides is 2. The zero-order chi connectivity index (χ0) is 67.1. The van der Waals surface area contributed by atoms with Crippen LogP contribution in [0.4, 0.5) is 0 Å². The van der Waals surface area contributed by atoms with Gasteiger partial charge >= 0.3 is 0 Å². The molecule has 0 aliphatic heterocycles. The topological polar surface area (TPSA) is 247 Å². The highest BCUT2D eigenvalue weighted by molar-refractivity contribution is 5.87. The van der Waals surface area contributed by atoms with Crippen LogP contribution in [-0.4, -0.2) is 154 Å². The minimum Gasteiger partial charge on any atom is -0.379 e. The number of carbonyl (C=O) groups excluding carboxylic acids is 5. The highest BCUT2D eigenvalue weighted by Crippen LogP contribution is 2.47. The lowest BCUT2D eigenvalue weighted by Gasteiger charge is -2.40. The smallest absolute Gasteiger partial charge is 0.242 e. The number of nitrogens with two attached hydrogens (primary N) is 2. The van der Waals surface area contributed by atoms with Crippen molar-refractivity contribution >= 4 is 29.5 Å². The Bertz CT molecular complexity index is 2030. The Morgan fingerprint density at radius 3 is 1.54 bits per heavy atom. The largest absolute Gasteiger partial charge is 0.379 e. The molecule has 2 rings (SSSR count). The standard InChI is InChI=1S/C73H135N5O13/c1-12-21-62(69-61(7)27-18-34-73(69,10)11)52-57(3)23-16-25-58(4)53-67(80)76-35-14-13-29-65(78-68(81)54-59(5)24-15-22-56(2)30-31-64-60(6)26-17-33-72(64,8)9)71(83)77-36-20-38-85-41-44-87-43-40-84-37-19-28-63(70(75)82)55-91-51-50-90-49-48-89-47-46-88-45-42-86-39-32-66(74)79/h56-59,62-63,65H,12-55H2,1-11H3,(H2,74,79)(H2,75,82)(H,76,80)(H,77,83)(H,78,81). The van der Waals surface area contributed by atoms with Crippen molar-refractivity contribution in [3.8, 4) is 0 Å². The first-order valence-electron chi connectivity index (χ1n) is 36.0. The van der Waals surface area contributed by atoms with Crippen LogP contribution in [0.3, 0.4) is 0 Å². The summed E-state index contributed by atoms with van der Waals surface area (Å²) in [7, 11) is 0. The van der Waals surface area contributed by atoms with Crippen LogP contribution in [-0.2, 0) is 61.9 Å². The molecule has 0 aromatic rings. The van der Waals surface area contributed by atoms with Gasteiger partial charge in [-0.25, -0.2) is 0 Å². The molecule has 91 heavy (non-hydrogen) atoms. The molecule has 0 spiro atoms. The summed E-state index contributed by atoms with van der Waals surface area (Å²) in [6.07, 6.45) is 25.3. The maximum atomic E-state index is 13.7. The predicted molar refractivity (Wildman–Crippen MR) is 365 cm³/mol. The molecule has 0 aromatic heterocycles. The van der Waals surface area contributed by atoms with Gasteiger partial charge in [-0.15, -0.1) is 0 Å². The molecule has 530 valence electrons. The number of hydrogen-bond donors (Lipinski definition) is 5. The Balaban J connectivity index is 1.67. The molecule has 0 aromatic carbocycles. The van der Waals surface area contributed by atoms with Crippen LogP contribution in [0, 0.1) is 46.3 Å². The molecule has 7 unspecified atom stereocenters. The third-order valence-corrected chi connectivity index (χ3v) is 18.6. The highest BCUT2D eigenvalue weighted by atomic mass is 16.6. The number of allylic oxidation sites excluding steroid dienone is 4. The fraction of sp³-hybridized carbons (Fsp3) is 0.877. The summed E-state index contributed by atoms with van der Waals surface area (Å²) in [4.78, 5) is 62.9. The number of carbonyl (C=O) groups is 5. The second-order valence-corrected chi connectivity index (χ2v) is 28.3. The Labute approximate surface area is 553 Å². The SMILES string of the molecule is CCCC(CC(C)CCCC(C)CC(=O)NCCCCC(NC(=O)CC(C)CCCC(C)CCC1=C(C)CCCC1(C)C)C(=O)NCCCOCCOCCOCCCC(COCCOCCOCCOCCOCCC(N)=O)C(N)=O)C1=C(C)CCCC1(C)C. The summed E-state index contributed by atoms with van der Waals surface area (Å²) in [6, 6.07) is -0.657. The van der Waals surface area contributed by atoms with E-state index in [0.29, 0.717) is 185 Å². The lowest BCUT2D eigenvalue weighted by Crippen LogP contribution is -2.47. The van der Waals surface area contributed by atoms with Crippen molar-refractivity contribution in [1.82, 2.24) is 16.0 Å². The molecule has 18 heteroatoms. The van der Waals surface area contributed by atoms with Gasteiger partial charge in [-0.05, 0) is 157 Å². The van der Waals surface area contributed by atoms with Gasteiger partial charge in [-0.3, -0.25) is 24.0 Å². The lowest BCUT2D eigenvalue weighted by atomic mass is 9.65.